The van der Waals surface area contributed by atoms with Crippen LogP contribution in [0.4, 0.5) is 10.1 Å². The normalized spacial score (nSPS) is 10.3. The molecule has 0 aliphatic carbocycles. The third-order valence-corrected chi connectivity index (χ3v) is 2.42. The monoisotopic (exact) mass is 201 g/mol. The van der Waals surface area contributed by atoms with Crippen molar-refractivity contribution in [2.45, 2.75) is 6.92 Å². The Bertz CT molecular complexity index is 474. The summed E-state index contributed by atoms with van der Waals surface area (Å²) in [5.41, 5.74) is 9.27. The highest BCUT2D eigenvalue weighted by atomic mass is 19.1. The lowest BCUT2D eigenvalue weighted by Gasteiger charge is -2.06. The van der Waals surface area contributed by atoms with E-state index < -0.39 is 0 Å². The molecule has 0 amide bonds. The van der Waals surface area contributed by atoms with Gasteiger partial charge in [0.15, 0.2) is 0 Å². The molecule has 0 heterocycles. The molecule has 0 unspecified atom stereocenters. The molecule has 0 atom stereocenters. The second kappa shape index (κ2) is 3.73. The van der Waals surface area contributed by atoms with Gasteiger partial charge >= 0.3 is 0 Å². The van der Waals surface area contributed by atoms with Crippen LogP contribution in [0.1, 0.15) is 5.56 Å². The molecule has 0 saturated heterocycles. The summed E-state index contributed by atoms with van der Waals surface area (Å²) in [7, 11) is 0. The number of hydrogen-bond donors (Lipinski definition) is 1. The summed E-state index contributed by atoms with van der Waals surface area (Å²) in [5, 5.41) is 0. The standard InChI is InChI=1S/C13H12FN/c1-9-2-5-11(14)8-13(9)10-3-6-12(15)7-4-10/h2-8H,15H2,1H3. The molecule has 0 aliphatic rings. The molecule has 0 bridgehead atoms. The minimum atomic E-state index is -0.215. The fraction of sp³-hybridized carbons (Fsp3) is 0.0769. The smallest absolute Gasteiger partial charge is 0.123 e. The molecule has 0 fully saturated rings. The molecular weight excluding hydrogens is 189 g/mol. The molecule has 2 N–H and O–H groups in total. The van der Waals surface area contributed by atoms with Gasteiger partial charge in [0.05, 0.1) is 0 Å². The van der Waals surface area contributed by atoms with Crippen LogP contribution in [0.15, 0.2) is 42.5 Å². The fourth-order valence-corrected chi connectivity index (χ4v) is 1.57. The summed E-state index contributed by atoms with van der Waals surface area (Å²) in [6.07, 6.45) is 0. The first-order valence-electron chi connectivity index (χ1n) is 4.79. The highest BCUT2D eigenvalue weighted by molar-refractivity contribution is 5.68. The van der Waals surface area contributed by atoms with Crippen LogP contribution in [-0.4, -0.2) is 0 Å². The maximum atomic E-state index is 13.1. The molecule has 0 saturated carbocycles. The number of nitrogens with two attached hydrogens (primary N) is 1. The van der Waals surface area contributed by atoms with Crippen molar-refractivity contribution in [3.8, 4) is 11.1 Å². The number of nitrogen functional groups attached to an aromatic ring is 1. The van der Waals surface area contributed by atoms with E-state index in [1.165, 1.54) is 6.07 Å². The number of halogens is 1. The van der Waals surface area contributed by atoms with E-state index in [1.54, 1.807) is 12.1 Å². The van der Waals surface area contributed by atoms with Gasteiger partial charge < -0.3 is 5.73 Å². The van der Waals surface area contributed by atoms with Crippen molar-refractivity contribution in [2.75, 3.05) is 5.73 Å². The van der Waals surface area contributed by atoms with Crippen molar-refractivity contribution in [1.82, 2.24) is 0 Å². The zero-order valence-electron chi connectivity index (χ0n) is 8.50. The minimum Gasteiger partial charge on any atom is -0.399 e. The molecule has 76 valence electrons. The first-order chi connectivity index (χ1) is 7.16. The Kier molecular flexibility index (Phi) is 2.42. The van der Waals surface area contributed by atoms with E-state index in [-0.39, 0.29) is 5.82 Å². The summed E-state index contributed by atoms with van der Waals surface area (Å²) >= 11 is 0. The average Bonchev–Trinajstić information content (AvgIpc) is 2.23. The second-order valence-corrected chi connectivity index (χ2v) is 3.58. The summed E-state index contributed by atoms with van der Waals surface area (Å²) in [5.74, 6) is -0.215. The SMILES string of the molecule is Cc1ccc(F)cc1-c1ccc(N)cc1. The molecule has 0 aliphatic heterocycles. The van der Waals surface area contributed by atoms with Crippen LogP contribution >= 0.6 is 0 Å². The summed E-state index contributed by atoms with van der Waals surface area (Å²) in [6, 6.07) is 12.2. The Balaban J connectivity index is 2.53. The third kappa shape index (κ3) is 1.99. The summed E-state index contributed by atoms with van der Waals surface area (Å²) in [4.78, 5) is 0. The number of rotatable bonds is 1. The van der Waals surface area contributed by atoms with Gasteiger partial charge in [-0.15, -0.1) is 0 Å². The van der Waals surface area contributed by atoms with Gasteiger partial charge in [-0.2, -0.15) is 0 Å². The largest absolute Gasteiger partial charge is 0.399 e. The molecule has 2 aromatic carbocycles. The fourth-order valence-electron chi connectivity index (χ4n) is 1.57. The minimum absolute atomic E-state index is 0.215. The summed E-state index contributed by atoms with van der Waals surface area (Å²) < 4.78 is 13.1. The van der Waals surface area contributed by atoms with Crippen molar-refractivity contribution < 1.29 is 4.39 Å². The second-order valence-electron chi connectivity index (χ2n) is 3.58. The maximum Gasteiger partial charge on any atom is 0.123 e. The lowest BCUT2D eigenvalue weighted by Crippen LogP contribution is -1.87. The van der Waals surface area contributed by atoms with E-state index in [1.807, 2.05) is 31.2 Å². The van der Waals surface area contributed by atoms with Crippen molar-refractivity contribution >= 4 is 5.69 Å². The van der Waals surface area contributed by atoms with E-state index in [0.29, 0.717) is 5.69 Å². The van der Waals surface area contributed by atoms with Crippen LogP contribution in [0.3, 0.4) is 0 Å². The zero-order valence-corrected chi connectivity index (χ0v) is 8.50. The van der Waals surface area contributed by atoms with E-state index >= 15 is 0 Å². The Hall–Kier alpha value is -1.83. The maximum absolute atomic E-state index is 13.1. The van der Waals surface area contributed by atoms with Crippen molar-refractivity contribution in [2.24, 2.45) is 0 Å². The van der Waals surface area contributed by atoms with Crippen molar-refractivity contribution in [3.63, 3.8) is 0 Å². The molecule has 2 aromatic rings. The van der Waals surface area contributed by atoms with Gasteiger partial charge in [-0.1, -0.05) is 18.2 Å². The Morgan fingerprint density at radius 1 is 1.00 bits per heavy atom. The van der Waals surface area contributed by atoms with Gasteiger partial charge in [0.25, 0.3) is 0 Å². The molecule has 2 rings (SSSR count). The quantitative estimate of drug-likeness (QED) is 0.703. The van der Waals surface area contributed by atoms with Crippen molar-refractivity contribution in [3.05, 3.63) is 53.8 Å². The molecule has 0 radical (unpaired) electrons. The number of hydrogen-bond acceptors (Lipinski definition) is 1. The van der Waals surface area contributed by atoms with Crippen LogP contribution in [0.25, 0.3) is 11.1 Å². The number of aryl methyl sites for hydroxylation is 1. The van der Waals surface area contributed by atoms with Gasteiger partial charge in [0.2, 0.25) is 0 Å². The first-order valence-corrected chi connectivity index (χ1v) is 4.79. The highest BCUT2D eigenvalue weighted by Crippen LogP contribution is 2.24. The zero-order chi connectivity index (χ0) is 10.8. The van der Waals surface area contributed by atoms with Crippen LogP contribution in [0.5, 0.6) is 0 Å². The first kappa shape index (κ1) is 9.71. The Morgan fingerprint density at radius 3 is 2.33 bits per heavy atom. The van der Waals surface area contributed by atoms with Gasteiger partial charge in [-0.3, -0.25) is 0 Å². The Morgan fingerprint density at radius 2 is 1.67 bits per heavy atom. The molecule has 0 aromatic heterocycles. The van der Waals surface area contributed by atoms with Gasteiger partial charge in [-0.05, 0) is 47.9 Å². The number of benzene rings is 2. The average molecular weight is 201 g/mol. The lowest BCUT2D eigenvalue weighted by atomic mass is 10.0. The highest BCUT2D eigenvalue weighted by Gasteiger charge is 2.02. The molecule has 15 heavy (non-hydrogen) atoms. The van der Waals surface area contributed by atoms with Gasteiger partial charge in [0.1, 0.15) is 5.82 Å². The Labute approximate surface area is 88.4 Å². The van der Waals surface area contributed by atoms with E-state index in [4.69, 9.17) is 5.73 Å². The van der Waals surface area contributed by atoms with Crippen molar-refractivity contribution in [1.29, 1.82) is 0 Å². The topological polar surface area (TPSA) is 26.0 Å². The van der Waals surface area contributed by atoms with Crippen LogP contribution in [-0.2, 0) is 0 Å². The molecule has 2 heteroatoms. The van der Waals surface area contributed by atoms with Gasteiger partial charge in [0, 0.05) is 5.69 Å². The third-order valence-electron chi connectivity index (χ3n) is 2.42. The summed E-state index contributed by atoms with van der Waals surface area (Å²) in [6.45, 7) is 1.96. The predicted molar refractivity (Wildman–Crippen MR) is 61.0 cm³/mol. The van der Waals surface area contributed by atoms with Crippen LogP contribution in [0.2, 0.25) is 0 Å². The van der Waals surface area contributed by atoms with Crippen LogP contribution in [0, 0.1) is 12.7 Å². The van der Waals surface area contributed by atoms with Crippen LogP contribution < -0.4 is 5.73 Å². The lowest BCUT2D eigenvalue weighted by molar-refractivity contribution is 0.628. The van der Waals surface area contributed by atoms with E-state index in [9.17, 15) is 4.39 Å². The molecule has 0 spiro atoms. The molecule has 1 nitrogen and oxygen atoms in total. The molecular formula is C13H12FN. The van der Waals surface area contributed by atoms with Gasteiger partial charge in [-0.25, -0.2) is 4.39 Å². The van der Waals surface area contributed by atoms with E-state index in [0.717, 1.165) is 16.7 Å². The number of anilines is 1. The van der Waals surface area contributed by atoms with E-state index in [2.05, 4.69) is 0 Å². The predicted octanol–water partition coefficient (Wildman–Crippen LogP) is 3.38.